The van der Waals surface area contributed by atoms with Crippen molar-refractivity contribution in [3.05, 3.63) is 59.7 Å². The lowest BCUT2D eigenvalue weighted by molar-refractivity contribution is -0.143. The molecular formula is C27H32N4O3. The van der Waals surface area contributed by atoms with Gasteiger partial charge in [-0.2, -0.15) is 0 Å². The quantitative estimate of drug-likeness (QED) is 0.535. The number of carboxylic acid groups (broad SMARTS) is 1. The number of carbonyl (C=O) groups is 2. The summed E-state index contributed by atoms with van der Waals surface area (Å²) < 4.78 is 2.15. The molecule has 7 nitrogen and oxygen atoms in total. The van der Waals surface area contributed by atoms with Gasteiger partial charge in [0.15, 0.2) is 0 Å². The molecule has 1 saturated heterocycles. The van der Waals surface area contributed by atoms with Crippen molar-refractivity contribution in [3.63, 3.8) is 0 Å². The lowest BCUT2D eigenvalue weighted by Crippen LogP contribution is -2.29. The normalized spacial score (nSPS) is 21.4. The highest BCUT2D eigenvalue weighted by Gasteiger charge is 2.29. The Balaban J connectivity index is 1.47. The fraction of sp³-hybridized carbons (Fsp3) is 0.444. The van der Waals surface area contributed by atoms with Gasteiger partial charge in [0.2, 0.25) is 5.95 Å². The second kappa shape index (κ2) is 9.97. The zero-order valence-electron chi connectivity index (χ0n) is 19.4. The number of carbonyl (C=O) groups excluding carboxylic acids is 1. The van der Waals surface area contributed by atoms with Gasteiger partial charge in [0.05, 0.1) is 17.0 Å². The molecular weight excluding hydrogens is 428 g/mol. The number of anilines is 1. The summed E-state index contributed by atoms with van der Waals surface area (Å²) in [5, 5.41) is 12.5. The van der Waals surface area contributed by atoms with Crippen molar-refractivity contribution in [3.8, 4) is 0 Å². The maximum Gasteiger partial charge on any atom is 0.306 e. The number of amides is 1. The molecule has 1 saturated carbocycles. The summed E-state index contributed by atoms with van der Waals surface area (Å²) in [7, 11) is 0. The molecule has 2 N–H and O–H groups in total. The molecule has 0 unspecified atom stereocenters. The topological polar surface area (TPSA) is 87.5 Å². The number of benzene rings is 2. The Labute approximate surface area is 199 Å². The fourth-order valence-corrected chi connectivity index (χ4v) is 5.41. The van der Waals surface area contributed by atoms with Gasteiger partial charge in [0, 0.05) is 18.2 Å². The maximum atomic E-state index is 12.9. The molecule has 0 radical (unpaired) electrons. The second-order valence-electron chi connectivity index (χ2n) is 9.63. The summed E-state index contributed by atoms with van der Waals surface area (Å²) in [6, 6.07) is 15.7. The highest BCUT2D eigenvalue weighted by molar-refractivity contribution is 6.04. The Morgan fingerprint density at radius 2 is 1.71 bits per heavy atom. The molecule has 1 aromatic heterocycles. The van der Waals surface area contributed by atoms with E-state index in [1.54, 1.807) is 12.1 Å². The molecule has 5 rings (SSSR count). The minimum absolute atomic E-state index is 0.108. The lowest BCUT2D eigenvalue weighted by atomic mass is 9.86. The molecule has 0 bridgehead atoms. The van der Waals surface area contributed by atoms with Crippen LogP contribution in [0.25, 0.3) is 11.0 Å². The number of nitrogens with zero attached hydrogens (tertiary/aromatic N) is 3. The predicted octanol–water partition coefficient (Wildman–Crippen LogP) is 5.09. The molecule has 1 aliphatic carbocycles. The standard InChI is InChI=1S/C27H32N4O3/c32-25(20-7-3-1-4-8-20)29-27-28-23-14-9-19(18-30-15-5-2-6-16-30)17-24(23)31(27)22-12-10-21(11-13-22)26(33)34/h1,3-4,7-9,14,17,21-22H,2,5-6,10-13,15-16,18H2,(H,33,34)(H,28,29,32). The van der Waals surface area contributed by atoms with Gasteiger partial charge >= 0.3 is 5.97 Å². The first-order valence-corrected chi connectivity index (χ1v) is 12.4. The smallest absolute Gasteiger partial charge is 0.306 e. The number of piperidine rings is 1. The first-order chi connectivity index (χ1) is 16.6. The van der Waals surface area contributed by atoms with E-state index in [2.05, 4.69) is 26.9 Å². The molecule has 0 spiro atoms. The summed E-state index contributed by atoms with van der Waals surface area (Å²) in [6.45, 7) is 3.18. The van der Waals surface area contributed by atoms with Crippen LogP contribution in [0.5, 0.6) is 0 Å². The zero-order chi connectivity index (χ0) is 23.5. The molecule has 7 heteroatoms. The molecule has 0 atom stereocenters. The number of nitrogens with one attached hydrogen (secondary N) is 1. The Morgan fingerprint density at radius 1 is 0.971 bits per heavy atom. The van der Waals surface area contributed by atoms with Gasteiger partial charge in [-0.1, -0.05) is 30.7 Å². The van der Waals surface area contributed by atoms with Crippen LogP contribution in [0.4, 0.5) is 5.95 Å². The lowest BCUT2D eigenvalue weighted by Gasteiger charge is -2.29. The Bertz CT molecular complexity index is 1160. The number of imidazole rings is 1. The van der Waals surface area contributed by atoms with Gasteiger partial charge in [-0.25, -0.2) is 4.98 Å². The van der Waals surface area contributed by atoms with E-state index in [0.717, 1.165) is 43.5 Å². The van der Waals surface area contributed by atoms with E-state index in [1.807, 2.05) is 24.3 Å². The SMILES string of the molecule is O=C(Nc1nc2ccc(CN3CCCCC3)cc2n1C1CCC(C(=O)O)CC1)c1ccccc1. The van der Waals surface area contributed by atoms with Crippen LogP contribution in [-0.2, 0) is 11.3 Å². The van der Waals surface area contributed by atoms with E-state index in [4.69, 9.17) is 4.98 Å². The third kappa shape index (κ3) is 4.85. The molecule has 34 heavy (non-hydrogen) atoms. The van der Waals surface area contributed by atoms with Gasteiger partial charge in [-0.15, -0.1) is 0 Å². The molecule has 3 aromatic rings. The third-order valence-electron chi connectivity index (χ3n) is 7.28. The Kier molecular flexibility index (Phi) is 6.63. The number of hydrogen-bond donors (Lipinski definition) is 2. The molecule has 2 aromatic carbocycles. The Morgan fingerprint density at radius 3 is 2.41 bits per heavy atom. The number of hydrogen-bond acceptors (Lipinski definition) is 4. The summed E-state index contributed by atoms with van der Waals surface area (Å²) in [5.41, 5.74) is 3.69. The van der Waals surface area contributed by atoms with E-state index in [9.17, 15) is 14.7 Å². The number of likely N-dealkylation sites (tertiary alicyclic amines) is 1. The molecule has 178 valence electrons. The van der Waals surface area contributed by atoms with Crippen molar-refractivity contribution in [2.24, 2.45) is 5.92 Å². The van der Waals surface area contributed by atoms with E-state index in [1.165, 1.54) is 24.8 Å². The maximum absolute atomic E-state index is 12.9. The van der Waals surface area contributed by atoms with Crippen LogP contribution in [0.3, 0.4) is 0 Å². The number of aromatic nitrogens is 2. The summed E-state index contributed by atoms with van der Waals surface area (Å²) in [5.74, 6) is -0.652. The van der Waals surface area contributed by atoms with Crippen molar-refractivity contribution in [2.45, 2.75) is 57.5 Å². The van der Waals surface area contributed by atoms with Crippen LogP contribution in [0.2, 0.25) is 0 Å². The largest absolute Gasteiger partial charge is 0.481 e. The predicted molar refractivity (Wildman–Crippen MR) is 132 cm³/mol. The summed E-state index contributed by atoms with van der Waals surface area (Å²) in [6.07, 6.45) is 6.61. The van der Waals surface area contributed by atoms with Crippen LogP contribution >= 0.6 is 0 Å². The van der Waals surface area contributed by atoms with Crippen molar-refractivity contribution >= 4 is 28.9 Å². The van der Waals surface area contributed by atoms with Crippen LogP contribution in [-0.4, -0.2) is 44.5 Å². The van der Waals surface area contributed by atoms with Crippen LogP contribution in [0.15, 0.2) is 48.5 Å². The second-order valence-corrected chi connectivity index (χ2v) is 9.63. The average molecular weight is 461 g/mol. The van der Waals surface area contributed by atoms with Crippen molar-refractivity contribution in [1.82, 2.24) is 14.5 Å². The number of fused-ring (bicyclic) bond motifs is 1. The van der Waals surface area contributed by atoms with E-state index < -0.39 is 5.97 Å². The number of rotatable bonds is 6. The van der Waals surface area contributed by atoms with Gasteiger partial charge in [0.1, 0.15) is 0 Å². The number of carboxylic acids is 1. The first kappa shape index (κ1) is 22.6. The molecule has 1 amide bonds. The zero-order valence-corrected chi connectivity index (χ0v) is 19.4. The number of aliphatic carboxylic acids is 1. The third-order valence-corrected chi connectivity index (χ3v) is 7.28. The van der Waals surface area contributed by atoms with Gasteiger partial charge in [0.25, 0.3) is 5.91 Å². The average Bonchev–Trinajstić information content (AvgIpc) is 3.22. The van der Waals surface area contributed by atoms with Gasteiger partial charge in [-0.05, 0) is 81.4 Å². The molecule has 2 heterocycles. The van der Waals surface area contributed by atoms with E-state index in [-0.39, 0.29) is 17.9 Å². The van der Waals surface area contributed by atoms with Crippen molar-refractivity contribution in [1.29, 1.82) is 0 Å². The minimum Gasteiger partial charge on any atom is -0.481 e. The van der Waals surface area contributed by atoms with E-state index in [0.29, 0.717) is 24.4 Å². The van der Waals surface area contributed by atoms with Gasteiger partial charge < -0.3 is 9.67 Å². The summed E-state index contributed by atoms with van der Waals surface area (Å²) in [4.78, 5) is 31.7. The van der Waals surface area contributed by atoms with Crippen molar-refractivity contribution < 1.29 is 14.7 Å². The highest BCUT2D eigenvalue weighted by Crippen LogP contribution is 2.37. The van der Waals surface area contributed by atoms with Crippen molar-refractivity contribution in [2.75, 3.05) is 18.4 Å². The Hall–Kier alpha value is -3.19. The monoisotopic (exact) mass is 460 g/mol. The fourth-order valence-electron chi connectivity index (χ4n) is 5.41. The highest BCUT2D eigenvalue weighted by atomic mass is 16.4. The van der Waals surface area contributed by atoms with Crippen LogP contribution in [0.1, 0.15) is 66.9 Å². The summed E-state index contributed by atoms with van der Waals surface area (Å²) >= 11 is 0. The molecule has 2 fully saturated rings. The van der Waals surface area contributed by atoms with Crippen LogP contribution < -0.4 is 5.32 Å². The van der Waals surface area contributed by atoms with Crippen LogP contribution in [0, 0.1) is 5.92 Å². The molecule has 2 aliphatic rings. The molecule has 1 aliphatic heterocycles. The van der Waals surface area contributed by atoms with E-state index >= 15 is 0 Å². The van der Waals surface area contributed by atoms with Gasteiger partial charge in [-0.3, -0.25) is 19.8 Å². The first-order valence-electron chi connectivity index (χ1n) is 12.4. The minimum atomic E-state index is -0.713.